The van der Waals surface area contributed by atoms with Crippen LogP contribution < -0.4 is 11.1 Å². The van der Waals surface area contributed by atoms with Crippen LogP contribution in [-0.2, 0) is 19.1 Å². The lowest BCUT2D eigenvalue weighted by atomic mass is 10.3. The lowest BCUT2D eigenvalue weighted by Crippen LogP contribution is -2.43. The Kier molecular flexibility index (Phi) is 8.50. The average Bonchev–Trinajstić information content (AvgIpc) is 2.31. The second-order valence-electron chi connectivity index (χ2n) is 3.51. The van der Waals surface area contributed by atoms with Crippen molar-refractivity contribution in [3.63, 3.8) is 0 Å². The van der Waals surface area contributed by atoms with Gasteiger partial charge in [0.15, 0.2) is 0 Å². The normalized spacial score (nSPS) is 10.2. The summed E-state index contributed by atoms with van der Waals surface area (Å²) in [5, 5.41) is 1.95. The van der Waals surface area contributed by atoms with E-state index < -0.39 is 11.9 Å². The molecule has 0 atom stereocenters. The molecular formula is C10H19N3O5. The van der Waals surface area contributed by atoms with Gasteiger partial charge in [0.1, 0.15) is 0 Å². The van der Waals surface area contributed by atoms with Gasteiger partial charge in [-0.15, -0.1) is 0 Å². The Morgan fingerprint density at radius 3 is 2.39 bits per heavy atom. The summed E-state index contributed by atoms with van der Waals surface area (Å²) in [5.41, 5.74) is 4.82. The molecule has 0 fully saturated rings. The van der Waals surface area contributed by atoms with Crippen LogP contribution in [0.2, 0.25) is 0 Å². The zero-order valence-electron chi connectivity index (χ0n) is 10.6. The molecule has 104 valence electrons. The summed E-state index contributed by atoms with van der Waals surface area (Å²) in [5.74, 6) is -0.892. The van der Waals surface area contributed by atoms with Gasteiger partial charge in [-0.1, -0.05) is 0 Å². The molecule has 18 heavy (non-hydrogen) atoms. The first-order chi connectivity index (χ1) is 8.49. The van der Waals surface area contributed by atoms with Gasteiger partial charge < -0.3 is 15.2 Å². The molecule has 0 aliphatic rings. The topological polar surface area (TPSA) is 111 Å². The minimum absolute atomic E-state index is 0.0384. The molecule has 0 aromatic rings. The molecule has 8 heteroatoms. The van der Waals surface area contributed by atoms with E-state index in [-0.39, 0.29) is 18.9 Å². The Labute approximate surface area is 105 Å². The Bertz CT molecular complexity index is 295. The van der Waals surface area contributed by atoms with Gasteiger partial charge in [-0.05, 0) is 0 Å². The molecule has 0 unspecified atom stereocenters. The van der Waals surface area contributed by atoms with E-state index in [1.165, 1.54) is 14.2 Å². The predicted molar refractivity (Wildman–Crippen MR) is 62.7 cm³/mol. The minimum atomic E-state index is -0.903. The van der Waals surface area contributed by atoms with Gasteiger partial charge in [-0.3, -0.25) is 19.8 Å². The number of rotatable bonds is 8. The molecule has 0 rings (SSSR count). The number of imide groups is 1. The van der Waals surface area contributed by atoms with Crippen LogP contribution in [0.1, 0.15) is 6.42 Å². The molecule has 0 aromatic carbocycles. The molecule has 0 aromatic heterocycles. The number of primary amides is 1. The standard InChI is InChI=1S/C10H19N3O5/c1-17-6-5-13(4-3-9(15)18-2)7-8(14)12-10(11)16/h3-7H2,1-2H3,(H3,11,12,14,16). The molecule has 0 aliphatic carbocycles. The lowest BCUT2D eigenvalue weighted by Gasteiger charge is -2.20. The molecule has 0 bridgehead atoms. The van der Waals surface area contributed by atoms with Crippen molar-refractivity contribution in [1.29, 1.82) is 0 Å². The van der Waals surface area contributed by atoms with Gasteiger partial charge in [-0.2, -0.15) is 0 Å². The first kappa shape index (κ1) is 16.3. The average molecular weight is 261 g/mol. The summed E-state index contributed by atoms with van der Waals surface area (Å²) in [6.45, 7) is 1.16. The third kappa shape index (κ3) is 8.48. The van der Waals surface area contributed by atoms with Crippen LogP contribution in [0.5, 0.6) is 0 Å². The summed E-state index contributed by atoms with van der Waals surface area (Å²) < 4.78 is 9.39. The molecule has 0 saturated heterocycles. The molecule has 0 saturated carbocycles. The Hall–Kier alpha value is -1.67. The number of carbonyl (C=O) groups is 3. The molecular weight excluding hydrogens is 242 g/mol. The summed E-state index contributed by atoms with van der Waals surface area (Å²) in [6, 6.07) is -0.903. The molecule has 0 spiro atoms. The monoisotopic (exact) mass is 261 g/mol. The zero-order chi connectivity index (χ0) is 14.0. The highest BCUT2D eigenvalue weighted by Gasteiger charge is 2.13. The van der Waals surface area contributed by atoms with Crippen molar-refractivity contribution >= 4 is 17.9 Å². The number of ether oxygens (including phenoxy) is 2. The van der Waals surface area contributed by atoms with Crippen LogP contribution in [0, 0.1) is 0 Å². The van der Waals surface area contributed by atoms with Gasteiger partial charge in [-0.25, -0.2) is 4.79 Å². The van der Waals surface area contributed by atoms with E-state index >= 15 is 0 Å². The summed E-state index contributed by atoms with van der Waals surface area (Å²) in [7, 11) is 2.82. The molecule has 3 amide bonds. The summed E-state index contributed by atoms with van der Waals surface area (Å²) >= 11 is 0. The Morgan fingerprint density at radius 2 is 1.89 bits per heavy atom. The Balaban J connectivity index is 4.16. The maximum Gasteiger partial charge on any atom is 0.318 e. The van der Waals surface area contributed by atoms with Crippen LogP contribution in [-0.4, -0.2) is 63.3 Å². The first-order valence-electron chi connectivity index (χ1n) is 5.37. The molecule has 8 nitrogen and oxygen atoms in total. The second kappa shape index (κ2) is 9.37. The highest BCUT2D eigenvalue weighted by molar-refractivity contribution is 5.94. The molecule has 3 N–H and O–H groups in total. The van der Waals surface area contributed by atoms with Crippen molar-refractivity contribution in [1.82, 2.24) is 10.2 Å². The number of carbonyl (C=O) groups excluding carboxylic acids is 3. The fourth-order valence-corrected chi connectivity index (χ4v) is 1.22. The van der Waals surface area contributed by atoms with E-state index in [1.54, 1.807) is 4.90 Å². The predicted octanol–water partition coefficient (Wildman–Crippen LogP) is -1.31. The van der Waals surface area contributed by atoms with Gasteiger partial charge >= 0.3 is 12.0 Å². The first-order valence-corrected chi connectivity index (χ1v) is 5.37. The highest BCUT2D eigenvalue weighted by Crippen LogP contribution is 1.94. The van der Waals surface area contributed by atoms with Crippen LogP contribution in [0.4, 0.5) is 4.79 Å². The van der Waals surface area contributed by atoms with Crippen molar-refractivity contribution in [2.45, 2.75) is 6.42 Å². The van der Waals surface area contributed by atoms with Crippen molar-refractivity contribution in [2.75, 3.05) is 40.5 Å². The van der Waals surface area contributed by atoms with Gasteiger partial charge in [0.05, 0.1) is 26.7 Å². The number of hydrogen-bond acceptors (Lipinski definition) is 6. The van der Waals surface area contributed by atoms with Crippen LogP contribution in [0.25, 0.3) is 0 Å². The fourth-order valence-electron chi connectivity index (χ4n) is 1.22. The van der Waals surface area contributed by atoms with E-state index in [4.69, 9.17) is 10.5 Å². The van der Waals surface area contributed by atoms with Gasteiger partial charge in [0.25, 0.3) is 0 Å². The van der Waals surface area contributed by atoms with Crippen LogP contribution in [0.3, 0.4) is 0 Å². The number of nitrogens with two attached hydrogens (primary N) is 1. The number of nitrogens with one attached hydrogen (secondary N) is 1. The Morgan fingerprint density at radius 1 is 1.22 bits per heavy atom. The molecule has 0 heterocycles. The maximum absolute atomic E-state index is 11.3. The van der Waals surface area contributed by atoms with Crippen molar-refractivity contribution in [3.8, 4) is 0 Å². The number of esters is 1. The van der Waals surface area contributed by atoms with E-state index in [2.05, 4.69) is 4.74 Å². The SMILES string of the molecule is COCCN(CCC(=O)OC)CC(=O)NC(N)=O. The highest BCUT2D eigenvalue weighted by atomic mass is 16.5. The number of nitrogens with zero attached hydrogens (tertiary/aromatic N) is 1. The minimum Gasteiger partial charge on any atom is -0.469 e. The number of urea groups is 1. The number of hydrogen-bond donors (Lipinski definition) is 2. The number of methoxy groups -OCH3 is 2. The van der Waals surface area contributed by atoms with Crippen molar-refractivity contribution in [2.24, 2.45) is 5.73 Å². The zero-order valence-corrected chi connectivity index (χ0v) is 10.6. The van der Waals surface area contributed by atoms with Crippen LogP contribution in [0.15, 0.2) is 0 Å². The van der Waals surface area contributed by atoms with Gasteiger partial charge in [0.2, 0.25) is 5.91 Å². The summed E-state index contributed by atoms with van der Waals surface area (Å²) in [6.07, 6.45) is 0.157. The second-order valence-corrected chi connectivity index (χ2v) is 3.51. The maximum atomic E-state index is 11.3. The van der Waals surface area contributed by atoms with Crippen molar-refractivity contribution < 1.29 is 23.9 Å². The van der Waals surface area contributed by atoms with Crippen molar-refractivity contribution in [3.05, 3.63) is 0 Å². The largest absolute Gasteiger partial charge is 0.469 e. The van der Waals surface area contributed by atoms with E-state index in [9.17, 15) is 14.4 Å². The third-order valence-electron chi connectivity index (χ3n) is 2.10. The quantitative estimate of drug-likeness (QED) is 0.525. The lowest BCUT2D eigenvalue weighted by molar-refractivity contribution is -0.141. The van der Waals surface area contributed by atoms with E-state index in [1.807, 2.05) is 5.32 Å². The molecule has 0 aliphatic heterocycles. The number of amides is 3. The van der Waals surface area contributed by atoms with E-state index in [0.717, 1.165) is 0 Å². The molecule has 0 radical (unpaired) electrons. The van der Waals surface area contributed by atoms with E-state index in [0.29, 0.717) is 19.7 Å². The smallest absolute Gasteiger partial charge is 0.318 e. The van der Waals surface area contributed by atoms with Gasteiger partial charge in [0, 0.05) is 20.2 Å². The summed E-state index contributed by atoms with van der Waals surface area (Å²) in [4.78, 5) is 34.5. The third-order valence-corrected chi connectivity index (χ3v) is 2.10. The van der Waals surface area contributed by atoms with Crippen LogP contribution >= 0.6 is 0 Å². The fraction of sp³-hybridized carbons (Fsp3) is 0.700.